The normalized spacial score (nSPS) is 12.7. The number of halogens is 2. The Morgan fingerprint density at radius 1 is 1.35 bits per heavy atom. The van der Waals surface area contributed by atoms with Gasteiger partial charge in [-0.2, -0.15) is 0 Å². The SMILES string of the molecule is CCNC(CCc1cc(Cl)ccc1Cl)COC. The molecule has 0 bridgehead atoms. The van der Waals surface area contributed by atoms with E-state index in [2.05, 4.69) is 12.2 Å². The van der Waals surface area contributed by atoms with Crippen LogP contribution in [0.15, 0.2) is 18.2 Å². The molecule has 1 unspecified atom stereocenters. The third-order valence-electron chi connectivity index (χ3n) is 2.63. The second-order valence-corrected chi connectivity index (χ2v) is 4.83. The fraction of sp³-hybridized carbons (Fsp3) is 0.538. The van der Waals surface area contributed by atoms with Gasteiger partial charge in [-0.25, -0.2) is 0 Å². The maximum Gasteiger partial charge on any atom is 0.0615 e. The van der Waals surface area contributed by atoms with Crippen molar-refractivity contribution >= 4 is 23.2 Å². The lowest BCUT2D eigenvalue weighted by Gasteiger charge is -2.17. The molecule has 0 fully saturated rings. The Balaban J connectivity index is 2.55. The first-order valence-electron chi connectivity index (χ1n) is 5.83. The Bertz CT molecular complexity index is 338. The highest BCUT2D eigenvalue weighted by molar-refractivity contribution is 6.33. The van der Waals surface area contributed by atoms with Crippen molar-refractivity contribution in [2.45, 2.75) is 25.8 Å². The molecule has 17 heavy (non-hydrogen) atoms. The van der Waals surface area contributed by atoms with E-state index in [1.165, 1.54) is 0 Å². The van der Waals surface area contributed by atoms with Crippen molar-refractivity contribution in [1.82, 2.24) is 5.32 Å². The van der Waals surface area contributed by atoms with Crippen LogP contribution >= 0.6 is 23.2 Å². The van der Waals surface area contributed by atoms with Crippen LogP contribution < -0.4 is 5.32 Å². The topological polar surface area (TPSA) is 21.3 Å². The highest BCUT2D eigenvalue weighted by Crippen LogP contribution is 2.22. The zero-order valence-electron chi connectivity index (χ0n) is 10.3. The standard InChI is InChI=1S/C13H19Cl2NO/c1-3-16-12(9-17-2)6-4-10-8-11(14)5-7-13(10)15/h5,7-8,12,16H,3-4,6,9H2,1-2H3. The smallest absolute Gasteiger partial charge is 0.0615 e. The summed E-state index contributed by atoms with van der Waals surface area (Å²) in [5.74, 6) is 0. The van der Waals surface area contributed by atoms with E-state index in [4.69, 9.17) is 27.9 Å². The summed E-state index contributed by atoms with van der Waals surface area (Å²) in [5.41, 5.74) is 1.10. The molecule has 4 heteroatoms. The summed E-state index contributed by atoms with van der Waals surface area (Å²) < 4.78 is 5.18. The molecule has 96 valence electrons. The average Bonchev–Trinajstić information content (AvgIpc) is 2.30. The van der Waals surface area contributed by atoms with E-state index in [0.717, 1.165) is 35.0 Å². The number of ether oxygens (including phenoxy) is 1. The van der Waals surface area contributed by atoms with E-state index < -0.39 is 0 Å². The van der Waals surface area contributed by atoms with Gasteiger partial charge in [0.25, 0.3) is 0 Å². The number of hydrogen-bond donors (Lipinski definition) is 1. The van der Waals surface area contributed by atoms with Gasteiger partial charge in [-0.05, 0) is 43.1 Å². The molecular formula is C13H19Cl2NO. The van der Waals surface area contributed by atoms with Gasteiger partial charge in [0.2, 0.25) is 0 Å². The summed E-state index contributed by atoms with van der Waals surface area (Å²) in [6.07, 6.45) is 1.89. The molecule has 0 heterocycles. The van der Waals surface area contributed by atoms with Crippen molar-refractivity contribution in [2.75, 3.05) is 20.3 Å². The fourth-order valence-electron chi connectivity index (χ4n) is 1.80. The minimum Gasteiger partial charge on any atom is -0.383 e. The quantitative estimate of drug-likeness (QED) is 0.822. The maximum absolute atomic E-state index is 6.12. The van der Waals surface area contributed by atoms with Crippen LogP contribution in [0, 0.1) is 0 Å². The summed E-state index contributed by atoms with van der Waals surface area (Å²) in [6, 6.07) is 5.95. The summed E-state index contributed by atoms with van der Waals surface area (Å²) in [5, 5.41) is 4.90. The average molecular weight is 276 g/mol. The Morgan fingerprint density at radius 2 is 2.12 bits per heavy atom. The van der Waals surface area contributed by atoms with Crippen LogP contribution in [-0.2, 0) is 11.2 Å². The molecule has 0 amide bonds. The van der Waals surface area contributed by atoms with Crippen LogP contribution in [0.3, 0.4) is 0 Å². The second-order valence-electron chi connectivity index (χ2n) is 3.98. The molecule has 0 spiro atoms. The molecule has 1 aromatic rings. The van der Waals surface area contributed by atoms with E-state index in [9.17, 15) is 0 Å². The van der Waals surface area contributed by atoms with Crippen molar-refractivity contribution < 1.29 is 4.74 Å². The molecule has 0 aliphatic heterocycles. The Kier molecular flexibility index (Phi) is 6.90. The minimum atomic E-state index is 0.361. The Labute approximate surface area is 113 Å². The number of benzene rings is 1. The van der Waals surface area contributed by atoms with Crippen molar-refractivity contribution in [2.24, 2.45) is 0 Å². The molecule has 0 aromatic heterocycles. The Hall–Kier alpha value is -0.280. The molecule has 1 rings (SSSR count). The fourth-order valence-corrected chi connectivity index (χ4v) is 2.21. The molecular weight excluding hydrogens is 257 g/mol. The summed E-state index contributed by atoms with van der Waals surface area (Å²) in [6.45, 7) is 3.75. The lowest BCUT2D eigenvalue weighted by molar-refractivity contribution is 0.163. The molecule has 1 atom stereocenters. The first-order valence-corrected chi connectivity index (χ1v) is 6.59. The minimum absolute atomic E-state index is 0.361. The molecule has 2 nitrogen and oxygen atoms in total. The van der Waals surface area contributed by atoms with Gasteiger partial charge < -0.3 is 10.1 Å². The van der Waals surface area contributed by atoms with Gasteiger partial charge >= 0.3 is 0 Å². The van der Waals surface area contributed by atoms with Crippen LogP contribution in [0.4, 0.5) is 0 Å². The predicted octanol–water partition coefficient (Wildman–Crippen LogP) is 3.55. The largest absolute Gasteiger partial charge is 0.383 e. The molecule has 0 aliphatic rings. The van der Waals surface area contributed by atoms with Crippen LogP contribution in [-0.4, -0.2) is 26.3 Å². The third-order valence-corrected chi connectivity index (χ3v) is 3.23. The van der Waals surface area contributed by atoms with Crippen molar-refractivity contribution in [3.63, 3.8) is 0 Å². The molecule has 0 saturated heterocycles. The number of aryl methyl sites for hydroxylation is 1. The summed E-state index contributed by atoms with van der Waals surface area (Å²) >= 11 is 12.1. The van der Waals surface area contributed by atoms with Crippen molar-refractivity contribution in [3.8, 4) is 0 Å². The van der Waals surface area contributed by atoms with Crippen LogP contribution in [0.25, 0.3) is 0 Å². The number of rotatable bonds is 7. The number of methoxy groups -OCH3 is 1. The predicted molar refractivity (Wildman–Crippen MR) is 74.1 cm³/mol. The lowest BCUT2D eigenvalue weighted by Crippen LogP contribution is -2.33. The van der Waals surface area contributed by atoms with Gasteiger partial charge in [-0.15, -0.1) is 0 Å². The summed E-state index contributed by atoms with van der Waals surface area (Å²) in [7, 11) is 1.72. The molecule has 0 radical (unpaired) electrons. The van der Waals surface area contributed by atoms with Crippen LogP contribution in [0.2, 0.25) is 10.0 Å². The summed E-state index contributed by atoms with van der Waals surface area (Å²) in [4.78, 5) is 0. The number of likely N-dealkylation sites (N-methyl/N-ethyl adjacent to an activating group) is 1. The van der Waals surface area contributed by atoms with Crippen molar-refractivity contribution in [1.29, 1.82) is 0 Å². The van der Waals surface area contributed by atoms with Gasteiger partial charge in [-0.1, -0.05) is 30.1 Å². The van der Waals surface area contributed by atoms with E-state index >= 15 is 0 Å². The van der Waals surface area contributed by atoms with Gasteiger partial charge in [0.15, 0.2) is 0 Å². The first-order chi connectivity index (χ1) is 8.17. The molecule has 1 N–H and O–H groups in total. The van der Waals surface area contributed by atoms with Gasteiger partial charge in [-0.3, -0.25) is 0 Å². The number of hydrogen-bond acceptors (Lipinski definition) is 2. The second kappa shape index (κ2) is 7.93. The zero-order chi connectivity index (χ0) is 12.7. The zero-order valence-corrected chi connectivity index (χ0v) is 11.8. The van der Waals surface area contributed by atoms with Crippen LogP contribution in [0.1, 0.15) is 18.9 Å². The Morgan fingerprint density at radius 3 is 2.76 bits per heavy atom. The molecule has 1 aromatic carbocycles. The van der Waals surface area contributed by atoms with E-state index in [0.29, 0.717) is 12.6 Å². The highest BCUT2D eigenvalue weighted by atomic mass is 35.5. The van der Waals surface area contributed by atoms with Crippen LogP contribution in [0.5, 0.6) is 0 Å². The van der Waals surface area contributed by atoms with Gasteiger partial charge in [0.05, 0.1) is 6.61 Å². The highest BCUT2D eigenvalue weighted by Gasteiger charge is 2.09. The van der Waals surface area contributed by atoms with E-state index in [1.807, 2.05) is 18.2 Å². The molecule has 0 saturated carbocycles. The monoisotopic (exact) mass is 275 g/mol. The van der Waals surface area contributed by atoms with E-state index in [-0.39, 0.29) is 0 Å². The molecule has 0 aliphatic carbocycles. The van der Waals surface area contributed by atoms with Gasteiger partial charge in [0, 0.05) is 23.2 Å². The van der Waals surface area contributed by atoms with E-state index in [1.54, 1.807) is 7.11 Å². The van der Waals surface area contributed by atoms with Crippen molar-refractivity contribution in [3.05, 3.63) is 33.8 Å². The third kappa shape index (κ3) is 5.26. The maximum atomic E-state index is 6.12. The number of nitrogens with one attached hydrogen (secondary N) is 1. The lowest BCUT2D eigenvalue weighted by atomic mass is 10.1. The van der Waals surface area contributed by atoms with Gasteiger partial charge in [0.1, 0.15) is 0 Å². The first kappa shape index (κ1) is 14.8.